The molecule has 5 nitrogen and oxygen atoms in total. The lowest BCUT2D eigenvalue weighted by Crippen LogP contribution is -2.12. The molecule has 1 aromatic carbocycles. The van der Waals surface area contributed by atoms with E-state index >= 15 is 0 Å². The van der Waals surface area contributed by atoms with Crippen molar-refractivity contribution >= 4 is 38.5 Å². The van der Waals surface area contributed by atoms with Gasteiger partial charge in [-0.05, 0) is 47.7 Å². The number of fused-ring (bicyclic) bond motifs is 3. The smallest absolute Gasteiger partial charge is 0.145 e. The summed E-state index contributed by atoms with van der Waals surface area (Å²) in [5.41, 5.74) is 2.22. The molecule has 23 heavy (non-hydrogen) atoms. The second kappa shape index (κ2) is 5.94. The van der Waals surface area contributed by atoms with Gasteiger partial charge in [-0.25, -0.2) is 9.97 Å². The summed E-state index contributed by atoms with van der Waals surface area (Å²) in [7, 11) is 0. The van der Waals surface area contributed by atoms with Crippen LogP contribution in [-0.4, -0.2) is 25.7 Å². The van der Waals surface area contributed by atoms with Crippen LogP contribution in [0.2, 0.25) is 0 Å². The van der Waals surface area contributed by atoms with Crippen molar-refractivity contribution in [2.75, 3.05) is 6.61 Å². The van der Waals surface area contributed by atoms with Crippen LogP contribution >= 0.6 is 38.5 Å². The number of aryl methyl sites for hydroxylation is 1. The second-order valence-electron chi connectivity index (χ2n) is 5.42. The molecule has 1 aliphatic rings. The molecule has 7 heteroatoms. The van der Waals surface area contributed by atoms with E-state index in [2.05, 4.69) is 58.7 Å². The van der Waals surface area contributed by atoms with Crippen LogP contribution in [0.5, 0.6) is 5.75 Å². The van der Waals surface area contributed by atoms with Gasteiger partial charge in [-0.2, -0.15) is 0 Å². The minimum atomic E-state index is 0.643. The highest BCUT2D eigenvalue weighted by atomic mass is 127. The lowest BCUT2D eigenvalue weighted by Gasteiger charge is -2.10. The number of aromatic nitrogens is 4. The number of halogens is 2. The van der Waals surface area contributed by atoms with Gasteiger partial charge in [0.1, 0.15) is 27.7 Å². The van der Waals surface area contributed by atoms with Crippen LogP contribution in [0.15, 0.2) is 35.1 Å². The Morgan fingerprint density at radius 1 is 1.39 bits per heavy atom. The second-order valence-corrected chi connectivity index (χ2v) is 7.35. The van der Waals surface area contributed by atoms with E-state index in [0.717, 1.165) is 44.2 Å². The summed E-state index contributed by atoms with van der Waals surface area (Å²) < 4.78 is 12.3. The zero-order valence-corrected chi connectivity index (χ0v) is 16.2. The molecule has 3 heterocycles. The third-order valence-corrected chi connectivity index (χ3v) is 5.38. The van der Waals surface area contributed by atoms with Crippen molar-refractivity contribution in [2.24, 2.45) is 0 Å². The predicted octanol–water partition coefficient (Wildman–Crippen LogP) is 3.86. The number of rotatable bonds is 2. The van der Waals surface area contributed by atoms with Crippen molar-refractivity contribution in [2.45, 2.75) is 20.0 Å². The molecule has 3 aromatic rings. The van der Waals surface area contributed by atoms with Gasteiger partial charge in [0.25, 0.3) is 0 Å². The maximum Gasteiger partial charge on any atom is 0.145 e. The van der Waals surface area contributed by atoms with E-state index in [1.54, 1.807) is 0 Å². The fourth-order valence-corrected chi connectivity index (χ4v) is 3.89. The van der Waals surface area contributed by atoms with Crippen molar-refractivity contribution < 1.29 is 4.74 Å². The number of hydrogen-bond acceptors (Lipinski definition) is 3. The first-order valence-corrected chi connectivity index (χ1v) is 9.16. The average Bonchev–Trinajstić information content (AvgIpc) is 3.01. The molecule has 2 aromatic heterocycles. The van der Waals surface area contributed by atoms with E-state index in [1.165, 1.54) is 5.69 Å². The first-order valence-electron chi connectivity index (χ1n) is 7.29. The largest absolute Gasteiger partial charge is 0.491 e. The van der Waals surface area contributed by atoms with E-state index < -0.39 is 0 Å². The van der Waals surface area contributed by atoms with Gasteiger partial charge in [-0.3, -0.25) is 0 Å². The maximum atomic E-state index is 5.89. The summed E-state index contributed by atoms with van der Waals surface area (Å²) >= 11 is 5.86. The van der Waals surface area contributed by atoms with Gasteiger partial charge in [0.2, 0.25) is 0 Å². The van der Waals surface area contributed by atoms with Crippen molar-refractivity contribution in [3.8, 4) is 17.1 Å². The molecule has 0 saturated carbocycles. The number of nitrogens with zero attached hydrogens (tertiary/aromatic N) is 4. The Morgan fingerprint density at radius 3 is 3.04 bits per heavy atom. The molecule has 0 fully saturated rings. The Bertz CT molecular complexity index is 886. The highest BCUT2D eigenvalue weighted by Gasteiger charge is 2.23. The summed E-state index contributed by atoms with van der Waals surface area (Å²) in [5.74, 6) is 2.86. The fraction of sp³-hybridized carbons (Fsp3) is 0.250. The van der Waals surface area contributed by atoms with Crippen molar-refractivity contribution in [1.82, 2.24) is 19.1 Å². The molecule has 118 valence electrons. The van der Waals surface area contributed by atoms with Crippen LogP contribution in [0.25, 0.3) is 11.4 Å². The van der Waals surface area contributed by atoms with Crippen LogP contribution in [0.1, 0.15) is 11.5 Å². The van der Waals surface area contributed by atoms with Crippen molar-refractivity contribution in [3.63, 3.8) is 0 Å². The number of benzene rings is 1. The summed E-state index contributed by atoms with van der Waals surface area (Å²) in [6.07, 6.45) is 3.83. The molecule has 4 rings (SSSR count). The third kappa shape index (κ3) is 2.69. The van der Waals surface area contributed by atoms with Crippen LogP contribution in [0, 0.1) is 10.6 Å². The monoisotopic (exact) mass is 484 g/mol. The van der Waals surface area contributed by atoms with E-state index in [0.29, 0.717) is 6.61 Å². The van der Waals surface area contributed by atoms with E-state index in [9.17, 15) is 0 Å². The zero-order chi connectivity index (χ0) is 16.0. The van der Waals surface area contributed by atoms with E-state index in [-0.39, 0.29) is 0 Å². The van der Waals surface area contributed by atoms with Gasteiger partial charge >= 0.3 is 0 Å². The van der Waals surface area contributed by atoms with Gasteiger partial charge in [0, 0.05) is 16.9 Å². The number of imidazole rings is 2. The van der Waals surface area contributed by atoms with Crippen LogP contribution in [0.3, 0.4) is 0 Å². The Morgan fingerprint density at radius 2 is 2.26 bits per heavy atom. The molecule has 1 aliphatic heterocycles. The van der Waals surface area contributed by atoms with Gasteiger partial charge in [0.15, 0.2) is 0 Å². The topological polar surface area (TPSA) is 44.9 Å². The van der Waals surface area contributed by atoms with Crippen LogP contribution in [0.4, 0.5) is 0 Å². The maximum absolute atomic E-state index is 5.89. The summed E-state index contributed by atoms with van der Waals surface area (Å²) in [5, 5.41) is 0. The van der Waals surface area contributed by atoms with Gasteiger partial charge in [0.05, 0.1) is 24.3 Å². The molecule has 0 radical (unpaired) electrons. The van der Waals surface area contributed by atoms with E-state index in [1.807, 2.05) is 31.5 Å². The van der Waals surface area contributed by atoms with Gasteiger partial charge in [-0.15, -0.1) is 0 Å². The Hall–Kier alpha value is -1.35. The third-order valence-electron chi connectivity index (χ3n) is 4.02. The molecule has 0 aliphatic carbocycles. The quantitative estimate of drug-likeness (QED) is 0.519. The standard InChI is InChI=1S/C16H14BrIN4O/c1-10-19-4-5-21(10)9-13-15(18)20-16-12-8-11(17)2-3-14(12)23-7-6-22(13)16/h2-5,8H,6-7,9H2,1H3. The molecule has 0 atom stereocenters. The average molecular weight is 485 g/mol. The molecular formula is C16H14BrIN4O. The summed E-state index contributed by atoms with van der Waals surface area (Å²) in [6, 6.07) is 6.07. The molecule has 0 N–H and O–H groups in total. The van der Waals surface area contributed by atoms with Crippen molar-refractivity contribution in [3.05, 3.63) is 50.3 Å². The van der Waals surface area contributed by atoms with Gasteiger partial charge in [-0.1, -0.05) is 15.9 Å². The molecular weight excluding hydrogens is 471 g/mol. The Kier molecular flexibility index (Phi) is 3.92. The summed E-state index contributed by atoms with van der Waals surface area (Å²) in [4.78, 5) is 9.12. The SMILES string of the molecule is Cc1nccn1Cc1c(I)nc2n1CCOc1ccc(Br)cc1-2. The minimum absolute atomic E-state index is 0.643. The fourth-order valence-electron chi connectivity index (χ4n) is 2.84. The van der Waals surface area contributed by atoms with E-state index in [4.69, 9.17) is 9.72 Å². The highest BCUT2D eigenvalue weighted by Crippen LogP contribution is 2.35. The molecule has 0 unspecified atom stereocenters. The molecule has 0 amide bonds. The predicted molar refractivity (Wildman–Crippen MR) is 99.6 cm³/mol. The minimum Gasteiger partial charge on any atom is -0.491 e. The van der Waals surface area contributed by atoms with Crippen LogP contribution < -0.4 is 4.74 Å². The van der Waals surface area contributed by atoms with Crippen molar-refractivity contribution in [1.29, 1.82) is 0 Å². The first-order chi connectivity index (χ1) is 11.1. The summed E-state index contributed by atoms with van der Waals surface area (Å²) in [6.45, 7) is 4.22. The van der Waals surface area contributed by atoms with Gasteiger partial charge < -0.3 is 13.9 Å². The highest BCUT2D eigenvalue weighted by molar-refractivity contribution is 14.1. The van der Waals surface area contributed by atoms with Crippen LogP contribution in [-0.2, 0) is 13.1 Å². The Labute approximate surface area is 156 Å². The normalized spacial score (nSPS) is 13.2. The number of hydrogen-bond donors (Lipinski definition) is 0. The number of ether oxygens (including phenoxy) is 1. The Balaban J connectivity index is 1.85. The molecule has 0 spiro atoms. The lowest BCUT2D eigenvalue weighted by atomic mass is 10.2. The molecule has 0 saturated heterocycles. The first kappa shape index (κ1) is 15.2. The lowest BCUT2D eigenvalue weighted by molar-refractivity contribution is 0.304. The zero-order valence-electron chi connectivity index (χ0n) is 12.5. The molecule has 0 bridgehead atoms.